The average Bonchev–Trinajstić information content (AvgIpc) is 3.59. The smallest absolute Gasteiger partial charge is 0.143 e. The number of nitrogens with one attached hydrogen (secondary N) is 1. The van der Waals surface area contributed by atoms with Gasteiger partial charge in [-0.15, -0.1) is 0 Å². The fourth-order valence-electron chi connectivity index (χ4n) is 5.88. The van der Waals surface area contributed by atoms with Crippen molar-refractivity contribution in [3.05, 3.63) is 133 Å². The Hall–Kier alpha value is -5.41. The van der Waals surface area contributed by atoms with E-state index in [1.807, 2.05) is 36.4 Å². The Labute approximate surface area is 230 Å². The number of hydrogen-bond acceptors (Lipinski definition) is 3. The van der Waals surface area contributed by atoms with Gasteiger partial charge in [0.1, 0.15) is 22.3 Å². The third-order valence-corrected chi connectivity index (χ3v) is 7.79. The van der Waals surface area contributed by atoms with Crippen molar-refractivity contribution in [2.45, 2.75) is 0 Å². The van der Waals surface area contributed by atoms with Crippen LogP contribution in [0.4, 0.5) is 0 Å². The molecule has 1 N–H and O–H groups in total. The van der Waals surface area contributed by atoms with E-state index in [1.165, 1.54) is 6.21 Å². The van der Waals surface area contributed by atoms with Gasteiger partial charge in [-0.25, -0.2) is 0 Å². The molecule has 0 aliphatic carbocycles. The molecule has 6 aromatic carbocycles. The highest BCUT2D eigenvalue weighted by molar-refractivity contribution is 6.19. The summed E-state index contributed by atoms with van der Waals surface area (Å²) in [6, 6.07) is 43.7. The molecule has 0 saturated carbocycles. The Morgan fingerprint density at radius 3 is 1.98 bits per heavy atom. The number of benzene rings is 6. The average molecular weight is 514 g/mol. The van der Waals surface area contributed by atoms with Gasteiger partial charge in [0.2, 0.25) is 0 Å². The fourth-order valence-corrected chi connectivity index (χ4v) is 5.88. The maximum absolute atomic E-state index is 8.24. The fraction of sp³-hybridized carbons (Fsp3) is 0. The summed E-state index contributed by atoms with van der Waals surface area (Å²) < 4.78 is 13.0. The summed E-state index contributed by atoms with van der Waals surface area (Å²) in [4.78, 5) is 0. The van der Waals surface area contributed by atoms with Crippen LogP contribution in [0.1, 0.15) is 5.56 Å². The molecule has 8 aromatic rings. The molecule has 40 heavy (non-hydrogen) atoms. The summed E-state index contributed by atoms with van der Waals surface area (Å²) in [5.74, 6) is 0. The minimum Gasteiger partial charge on any atom is -0.456 e. The van der Waals surface area contributed by atoms with Crippen molar-refractivity contribution < 1.29 is 8.83 Å². The lowest BCUT2D eigenvalue weighted by Crippen LogP contribution is -1.86. The van der Waals surface area contributed by atoms with Crippen LogP contribution in [0.3, 0.4) is 0 Å². The second kappa shape index (κ2) is 8.82. The van der Waals surface area contributed by atoms with Gasteiger partial charge in [-0.05, 0) is 58.7 Å². The minimum atomic E-state index is 0.772. The summed E-state index contributed by atoms with van der Waals surface area (Å²) in [6.07, 6.45) is 1.42. The lowest BCUT2D eigenvalue weighted by atomic mass is 9.93. The molecule has 0 unspecified atom stereocenters. The van der Waals surface area contributed by atoms with Crippen molar-refractivity contribution >= 4 is 50.1 Å². The van der Waals surface area contributed by atoms with Gasteiger partial charge in [-0.1, -0.05) is 91.0 Å². The Morgan fingerprint density at radius 1 is 0.450 bits per heavy atom. The molecule has 8 rings (SSSR count). The molecule has 0 fully saturated rings. The number of furan rings is 2. The monoisotopic (exact) mass is 513 g/mol. The van der Waals surface area contributed by atoms with Crippen LogP contribution in [-0.4, -0.2) is 6.21 Å². The van der Waals surface area contributed by atoms with Gasteiger partial charge in [-0.2, -0.15) is 0 Å². The van der Waals surface area contributed by atoms with Crippen LogP contribution in [-0.2, 0) is 0 Å². The first kappa shape index (κ1) is 22.6. The predicted molar refractivity (Wildman–Crippen MR) is 165 cm³/mol. The Morgan fingerprint density at radius 2 is 1.18 bits per heavy atom. The zero-order valence-corrected chi connectivity index (χ0v) is 21.5. The van der Waals surface area contributed by atoms with E-state index in [2.05, 4.69) is 91.0 Å². The van der Waals surface area contributed by atoms with Crippen molar-refractivity contribution in [1.29, 1.82) is 5.41 Å². The van der Waals surface area contributed by atoms with Gasteiger partial charge in [0.05, 0.1) is 0 Å². The Bertz CT molecular complexity index is 2220. The molecule has 0 radical (unpaired) electrons. The summed E-state index contributed by atoms with van der Waals surface area (Å²) in [5.41, 5.74) is 10.5. The van der Waals surface area contributed by atoms with E-state index in [1.54, 1.807) is 0 Å². The van der Waals surface area contributed by atoms with E-state index in [9.17, 15) is 0 Å². The van der Waals surface area contributed by atoms with E-state index >= 15 is 0 Å². The zero-order chi connectivity index (χ0) is 26.6. The minimum absolute atomic E-state index is 0.772. The first-order valence-corrected chi connectivity index (χ1v) is 13.3. The second-order valence-corrected chi connectivity index (χ2v) is 10.1. The number of fused-ring (bicyclic) bond motifs is 6. The summed E-state index contributed by atoms with van der Waals surface area (Å²) in [7, 11) is 0. The quantitative estimate of drug-likeness (QED) is 0.238. The molecule has 188 valence electrons. The molecule has 0 bridgehead atoms. The topological polar surface area (TPSA) is 50.1 Å². The van der Waals surface area contributed by atoms with Gasteiger partial charge >= 0.3 is 0 Å². The molecule has 0 amide bonds. The van der Waals surface area contributed by atoms with Gasteiger partial charge in [0.15, 0.2) is 0 Å². The second-order valence-electron chi connectivity index (χ2n) is 10.1. The van der Waals surface area contributed by atoms with E-state index in [0.29, 0.717) is 0 Å². The van der Waals surface area contributed by atoms with Crippen molar-refractivity contribution in [1.82, 2.24) is 0 Å². The molecular weight excluding hydrogens is 490 g/mol. The molecule has 2 heterocycles. The molecule has 0 saturated heterocycles. The van der Waals surface area contributed by atoms with Crippen LogP contribution in [0.5, 0.6) is 0 Å². The summed E-state index contributed by atoms with van der Waals surface area (Å²) in [5, 5.41) is 12.4. The maximum Gasteiger partial charge on any atom is 0.143 e. The predicted octanol–water partition coefficient (Wildman–Crippen LogP) is 10.5. The van der Waals surface area contributed by atoms with Crippen LogP contribution in [0.2, 0.25) is 0 Å². The normalized spacial score (nSPS) is 11.6. The highest BCUT2D eigenvalue weighted by Crippen LogP contribution is 2.44. The SMILES string of the molecule is N=Cc1ccc(-c2ccc3c(c2)oc2ccccc23)c2oc3c(-c4ccccc4)cc(-c4ccccc4)cc3c12. The van der Waals surface area contributed by atoms with Gasteiger partial charge in [-0.3, -0.25) is 0 Å². The molecule has 3 nitrogen and oxygen atoms in total. The molecule has 0 aliphatic heterocycles. The van der Waals surface area contributed by atoms with E-state index in [0.717, 1.165) is 82.8 Å². The van der Waals surface area contributed by atoms with Crippen molar-refractivity contribution in [3.63, 3.8) is 0 Å². The number of rotatable bonds is 4. The lowest BCUT2D eigenvalue weighted by molar-refractivity contribution is 0.668. The van der Waals surface area contributed by atoms with Gasteiger partial charge < -0.3 is 14.2 Å². The van der Waals surface area contributed by atoms with Gasteiger partial charge in [0, 0.05) is 44.4 Å². The standard InChI is InChI=1S/C37H23NO2/c38-22-26-16-17-28(25-15-18-30-29-13-7-8-14-33(29)39-34(30)21-25)37-35(26)32-20-27(23-9-3-1-4-10-23)19-31(36(32)40-37)24-11-5-2-6-12-24/h1-22,38H. The van der Waals surface area contributed by atoms with Gasteiger partial charge in [0.25, 0.3) is 0 Å². The van der Waals surface area contributed by atoms with Crippen molar-refractivity contribution in [2.24, 2.45) is 0 Å². The number of hydrogen-bond donors (Lipinski definition) is 1. The molecule has 0 spiro atoms. The Kier molecular flexibility index (Phi) is 4.98. The first-order chi connectivity index (χ1) is 19.8. The van der Waals surface area contributed by atoms with Crippen LogP contribution < -0.4 is 0 Å². The van der Waals surface area contributed by atoms with E-state index in [4.69, 9.17) is 14.2 Å². The molecular formula is C37H23NO2. The molecule has 0 atom stereocenters. The van der Waals surface area contributed by atoms with Crippen molar-refractivity contribution in [2.75, 3.05) is 0 Å². The van der Waals surface area contributed by atoms with E-state index in [-0.39, 0.29) is 0 Å². The molecule has 3 heteroatoms. The summed E-state index contributed by atoms with van der Waals surface area (Å²) >= 11 is 0. The Balaban J connectivity index is 1.45. The first-order valence-electron chi connectivity index (χ1n) is 13.3. The molecule has 2 aromatic heterocycles. The summed E-state index contributed by atoms with van der Waals surface area (Å²) in [6.45, 7) is 0. The van der Waals surface area contributed by atoms with Crippen LogP contribution in [0.15, 0.2) is 136 Å². The third kappa shape index (κ3) is 3.41. The number of para-hydroxylation sites is 1. The van der Waals surface area contributed by atoms with Crippen molar-refractivity contribution in [3.8, 4) is 33.4 Å². The van der Waals surface area contributed by atoms with Crippen LogP contribution in [0.25, 0.3) is 77.3 Å². The zero-order valence-electron chi connectivity index (χ0n) is 21.5. The third-order valence-electron chi connectivity index (χ3n) is 7.79. The highest BCUT2D eigenvalue weighted by atomic mass is 16.3. The highest BCUT2D eigenvalue weighted by Gasteiger charge is 2.20. The maximum atomic E-state index is 8.24. The van der Waals surface area contributed by atoms with E-state index < -0.39 is 0 Å². The largest absolute Gasteiger partial charge is 0.456 e. The van der Waals surface area contributed by atoms with Crippen LogP contribution >= 0.6 is 0 Å². The van der Waals surface area contributed by atoms with Crippen LogP contribution in [0, 0.1) is 5.41 Å². The lowest BCUT2D eigenvalue weighted by Gasteiger charge is -2.08. The molecule has 0 aliphatic rings.